The Bertz CT molecular complexity index is 2430. The van der Waals surface area contributed by atoms with Gasteiger partial charge in [0, 0.05) is 80.4 Å². The number of nitrogens with one attached hydrogen (secondary N) is 2. The average Bonchev–Trinajstić information content (AvgIpc) is 4.05. The highest BCUT2D eigenvalue weighted by molar-refractivity contribution is 7.09. The van der Waals surface area contributed by atoms with E-state index in [9.17, 15) is 24.0 Å². The van der Waals surface area contributed by atoms with Gasteiger partial charge in [0.1, 0.15) is 29.0 Å². The van der Waals surface area contributed by atoms with Crippen LogP contribution in [0.25, 0.3) is 32.7 Å². The second-order valence-electron chi connectivity index (χ2n) is 18.3. The van der Waals surface area contributed by atoms with Gasteiger partial charge < -0.3 is 29.2 Å². The van der Waals surface area contributed by atoms with Crippen LogP contribution in [0.15, 0.2) is 49.2 Å². The molecule has 6 heterocycles. The lowest BCUT2D eigenvalue weighted by molar-refractivity contribution is -0.155. The summed E-state index contributed by atoms with van der Waals surface area (Å²) in [7, 11) is 3.26. The Morgan fingerprint density at radius 2 is 1.94 bits per heavy atom. The lowest BCUT2D eigenvalue weighted by Crippen LogP contribution is -2.62. The molecule has 4 aromatic rings. The van der Waals surface area contributed by atoms with Crippen LogP contribution in [0.2, 0.25) is 0 Å². The summed E-state index contributed by atoms with van der Waals surface area (Å²) in [6, 6.07) is 7.40. The van der Waals surface area contributed by atoms with Gasteiger partial charge >= 0.3 is 5.97 Å². The van der Waals surface area contributed by atoms with Crippen molar-refractivity contribution in [3.05, 3.63) is 66.3 Å². The van der Waals surface area contributed by atoms with Crippen LogP contribution in [0, 0.1) is 17.3 Å². The molecule has 0 spiro atoms. The lowest BCUT2D eigenvalue weighted by atomic mass is 9.84. The van der Waals surface area contributed by atoms with E-state index in [1.165, 1.54) is 27.5 Å². The topological polar surface area (TPSA) is 181 Å². The summed E-state index contributed by atoms with van der Waals surface area (Å²) in [4.78, 5) is 81.7. The monoisotopic (exact) mass is 895 g/mol. The second-order valence-corrected chi connectivity index (χ2v) is 19.0. The van der Waals surface area contributed by atoms with Crippen LogP contribution >= 0.6 is 11.5 Å². The first-order chi connectivity index (χ1) is 30.5. The third kappa shape index (κ3) is 9.47. The molecule has 0 radical (unpaired) electrons. The van der Waals surface area contributed by atoms with Crippen molar-refractivity contribution in [1.82, 2.24) is 44.5 Å². The Hall–Kier alpha value is -5.52. The van der Waals surface area contributed by atoms with Crippen LogP contribution in [-0.4, -0.2) is 122 Å². The Morgan fingerprint density at radius 3 is 2.66 bits per heavy atom. The molecule has 2 saturated heterocycles. The number of pyridine rings is 1. The molecule has 1 unspecified atom stereocenters. The fraction of sp³-hybridized carbons (Fsp3) is 0.532. The number of rotatable bonds is 10. The molecule has 6 bridgehead atoms. The summed E-state index contributed by atoms with van der Waals surface area (Å²) in [5, 5.41) is 6.03. The Kier molecular flexibility index (Phi) is 14.0. The fourth-order valence-corrected chi connectivity index (χ4v) is 10.0. The molecule has 16 nitrogen and oxygen atoms in total. The van der Waals surface area contributed by atoms with E-state index in [2.05, 4.69) is 60.9 Å². The first-order valence-corrected chi connectivity index (χ1v) is 23.0. The van der Waals surface area contributed by atoms with Crippen LogP contribution in [0.5, 0.6) is 0 Å². The summed E-state index contributed by atoms with van der Waals surface area (Å²) in [5.74, 6) is -2.40. The van der Waals surface area contributed by atoms with Crippen molar-refractivity contribution in [2.75, 3.05) is 40.4 Å². The van der Waals surface area contributed by atoms with Crippen LogP contribution in [-0.2, 0) is 52.8 Å². The quantitative estimate of drug-likeness (QED) is 0.160. The Labute approximate surface area is 378 Å². The number of benzene rings is 1. The minimum Gasteiger partial charge on any atom is -0.464 e. The zero-order valence-corrected chi connectivity index (χ0v) is 39.0. The molecular weight excluding hydrogens is 835 g/mol. The predicted octanol–water partition coefficient (Wildman–Crippen LogP) is 5.12. The number of cyclic esters (lactones) is 1. The molecule has 1 aromatic carbocycles. The molecule has 2 N–H and O–H groups in total. The van der Waals surface area contributed by atoms with Gasteiger partial charge in [-0.2, -0.15) is 4.37 Å². The number of nitrogens with zero attached hydrogens (tertiary/aromatic N) is 7. The normalized spacial score (nSPS) is 21.3. The number of ether oxygens (including phenoxy) is 2. The minimum absolute atomic E-state index is 0.0440. The number of carbonyl (C=O) groups is 5. The summed E-state index contributed by atoms with van der Waals surface area (Å²) < 4.78 is 18.9. The van der Waals surface area contributed by atoms with Gasteiger partial charge in [-0.3, -0.25) is 34.0 Å². The fourth-order valence-electron chi connectivity index (χ4n) is 9.36. The largest absolute Gasteiger partial charge is 0.464 e. The molecule has 7 rings (SSSR count). The molecular formula is C47H61N9O7S. The number of methoxy groups -OCH3 is 1. The van der Waals surface area contributed by atoms with Gasteiger partial charge in [0.05, 0.1) is 30.0 Å². The van der Waals surface area contributed by atoms with Crippen LogP contribution in [0.1, 0.15) is 84.0 Å². The summed E-state index contributed by atoms with van der Waals surface area (Å²) in [6.07, 6.45) is 4.71. The summed E-state index contributed by atoms with van der Waals surface area (Å²) in [6.45, 7) is 17.3. The molecule has 342 valence electrons. The summed E-state index contributed by atoms with van der Waals surface area (Å²) in [5.41, 5.74) is 8.35. The number of likely N-dealkylation sites (tertiary alicyclic amines) is 1. The smallest absolute Gasteiger partial charge is 0.324 e. The zero-order valence-electron chi connectivity index (χ0n) is 38.2. The third-order valence-corrected chi connectivity index (χ3v) is 13.5. The molecule has 17 heteroatoms. The molecule has 0 saturated carbocycles. The number of amides is 4. The predicted molar refractivity (Wildman–Crippen MR) is 243 cm³/mol. The van der Waals surface area contributed by atoms with Crippen molar-refractivity contribution in [3.63, 3.8) is 0 Å². The third-order valence-electron chi connectivity index (χ3n) is 12.7. The van der Waals surface area contributed by atoms with E-state index in [-0.39, 0.29) is 43.4 Å². The maximum atomic E-state index is 14.6. The standard InChI is InChI=1S/C47H61N9O7S/c1-10-38(57)54-21-18-30(25-54)44(59)53(8)40(27(3)4)42(58)49-35-23-37-50-43(64-52-37)29-16-17-36-32(22-29)33(41(55(36)11-2)31-14-12-19-48-39(31)28(5)62-9)24-47(6,7)26-63-46(61)34-15-13-20-56(51-34)45(35)60/h10,12,14,16-17,19,22,27-28,30,34-35,40,51H,1,11,13,15,18,20-21,23-26H2,2-9H3,(H,49,58)/t28-,30-,34-,35-,40?/m0/s1. The van der Waals surface area contributed by atoms with Gasteiger partial charge in [0.15, 0.2) is 0 Å². The van der Waals surface area contributed by atoms with Crippen LogP contribution in [0.4, 0.5) is 0 Å². The number of carbonyl (C=O) groups excluding carboxylic acids is 5. The zero-order chi connectivity index (χ0) is 46.0. The number of aryl methyl sites for hydroxylation is 1. The van der Waals surface area contributed by atoms with E-state index in [0.717, 1.165) is 39.0 Å². The van der Waals surface area contributed by atoms with Crippen LogP contribution < -0.4 is 10.7 Å². The van der Waals surface area contributed by atoms with Crippen molar-refractivity contribution in [1.29, 1.82) is 0 Å². The minimum atomic E-state index is -1.15. The van der Waals surface area contributed by atoms with Gasteiger partial charge in [-0.15, -0.1) is 0 Å². The second kappa shape index (κ2) is 19.3. The molecule has 5 atom stereocenters. The molecule has 4 amide bonds. The summed E-state index contributed by atoms with van der Waals surface area (Å²) >= 11 is 1.21. The first-order valence-electron chi connectivity index (χ1n) is 22.2. The Morgan fingerprint density at radius 1 is 1.16 bits per heavy atom. The van der Waals surface area contributed by atoms with Gasteiger partial charge in [-0.1, -0.05) is 34.3 Å². The van der Waals surface area contributed by atoms with Crippen molar-refractivity contribution < 1.29 is 33.4 Å². The highest BCUT2D eigenvalue weighted by atomic mass is 32.1. The van der Waals surface area contributed by atoms with Gasteiger partial charge in [-0.25, -0.2) is 10.4 Å². The number of hydrogen-bond acceptors (Lipinski definition) is 12. The number of fused-ring (bicyclic) bond motifs is 6. The average molecular weight is 896 g/mol. The maximum absolute atomic E-state index is 14.6. The number of aromatic nitrogens is 4. The SMILES string of the molecule is C=CC(=O)N1CC[C@H](C(=O)N(C)C(C(=O)N[C@H]2Cc3nsc(n3)-c3ccc4c(c3)c(c(-c3cccnc3[C@H](C)OC)n4CC)CC(C)(C)COC(=O)[C@@H]3CCCN(N3)C2=O)C(C)C)C1. The number of likely N-dealkylation sites (N-methyl/N-ethyl adjacent to an activating group) is 1. The van der Waals surface area contributed by atoms with E-state index in [0.29, 0.717) is 56.1 Å². The number of hydrazine groups is 1. The molecule has 0 aliphatic carbocycles. The van der Waals surface area contributed by atoms with E-state index in [1.54, 1.807) is 25.3 Å². The molecule has 2 fully saturated rings. The molecule has 64 heavy (non-hydrogen) atoms. The molecule has 3 aliphatic heterocycles. The van der Waals surface area contributed by atoms with Gasteiger partial charge in [0.2, 0.25) is 17.7 Å². The van der Waals surface area contributed by atoms with E-state index >= 15 is 0 Å². The van der Waals surface area contributed by atoms with E-state index in [4.69, 9.17) is 23.8 Å². The van der Waals surface area contributed by atoms with Gasteiger partial charge in [-0.05, 0) is 99.0 Å². The highest BCUT2D eigenvalue weighted by Gasteiger charge is 2.40. The van der Waals surface area contributed by atoms with Gasteiger partial charge in [0.25, 0.3) is 5.91 Å². The van der Waals surface area contributed by atoms with Crippen molar-refractivity contribution in [2.45, 2.75) is 104 Å². The van der Waals surface area contributed by atoms with E-state index in [1.807, 2.05) is 32.9 Å². The molecule has 3 aliphatic rings. The number of hydrogen-bond donors (Lipinski definition) is 2. The first kappa shape index (κ1) is 46.5. The maximum Gasteiger partial charge on any atom is 0.324 e. The van der Waals surface area contributed by atoms with Crippen molar-refractivity contribution in [2.24, 2.45) is 17.3 Å². The van der Waals surface area contributed by atoms with Crippen molar-refractivity contribution in [3.8, 4) is 21.8 Å². The van der Waals surface area contributed by atoms with E-state index < -0.39 is 47.2 Å². The van der Waals surface area contributed by atoms with Crippen LogP contribution in [0.3, 0.4) is 0 Å². The van der Waals surface area contributed by atoms with Crippen molar-refractivity contribution >= 4 is 52.0 Å². The lowest BCUT2D eigenvalue weighted by Gasteiger charge is -2.36. The number of esters is 1. The highest BCUT2D eigenvalue weighted by Crippen LogP contribution is 2.42. The Balaban J connectivity index is 1.27. The molecule has 3 aromatic heterocycles.